The Morgan fingerprint density at radius 1 is 1.11 bits per heavy atom. The first-order valence-electron chi connectivity index (χ1n) is 6.92. The maximum Gasteiger partial charge on any atom is 0.319 e. The summed E-state index contributed by atoms with van der Waals surface area (Å²) in [5.74, 6) is 0.135. The normalized spacial score (nSPS) is 24.2. The summed E-state index contributed by atoms with van der Waals surface area (Å²) >= 11 is 0. The molecular weight excluding hydrogens is 246 g/mol. The fraction of sp³-hybridized carbons (Fsp3) is 0.846. The third-order valence-corrected chi connectivity index (χ3v) is 3.75. The third-order valence-electron chi connectivity index (χ3n) is 3.75. The zero-order valence-corrected chi connectivity index (χ0v) is 11.8. The van der Waals surface area contributed by atoms with Crippen molar-refractivity contribution in [2.24, 2.45) is 5.92 Å². The number of urea groups is 1. The second-order valence-corrected chi connectivity index (χ2v) is 5.40. The third kappa shape index (κ3) is 3.37. The van der Waals surface area contributed by atoms with Crippen LogP contribution in [-0.2, 0) is 9.53 Å². The van der Waals surface area contributed by atoms with Gasteiger partial charge in [-0.3, -0.25) is 4.79 Å². The Morgan fingerprint density at radius 3 is 2.42 bits per heavy atom. The lowest BCUT2D eigenvalue weighted by Crippen LogP contribution is -2.51. The average molecular weight is 269 g/mol. The summed E-state index contributed by atoms with van der Waals surface area (Å²) in [7, 11) is 3.49. The van der Waals surface area contributed by atoms with Gasteiger partial charge in [-0.05, 0) is 12.8 Å². The summed E-state index contributed by atoms with van der Waals surface area (Å²) < 4.78 is 5.26. The van der Waals surface area contributed by atoms with Gasteiger partial charge < -0.3 is 19.4 Å². The number of nitrogens with zero attached hydrogens (tertiary/aromatic N) is 3. The number of carbonyl (C=O) groups is 2. The molecule has 6 heteroatoms. The molecule has 0 N–H and O–H groups in total. The number of carbonyl (C=O) groups excluding carboxylic acids is 2. The van der Waals surface area contributed by atoms with Gasteiger partial charge in [0.05, 0.1) is 19.1 Å². The van der Waals surface area contributed by atoms with Crippen LogP contribution in [0.3, 0.4) is 0 Å². The molecule has 0 saturated carbocycles. The van der Waals surface area contributed by atoms with Gasteiger partial charge in [0.15, 0.2) is 0 Å². The molecule has 0 aromatic carbocycles. The maximum atomic E-state index is 12.4. The van der Waals surface area contributed by atoms with Crippen molar-refractivity contribution >= 4 is 11.9 Å². The minimum Gasteiger partial charge on any atom is -0.378 e. The molecule has 3 amide bonds. The lowest BCUT2D eigenvalue weighted by Gasteiger charge is -2.37. The first-order valence-corrected chi connectivity index (χ1v) is 6.92. The minimum absolute atomic E-state index is 0.000484. The second kappa shape index (κ2) is 6.23. The molecule has 0 spiro atoms. The molecule has 2 aliphatic heterocycles. The lowest BCUT2D eigenvalue weighted by atomic mass is 9.96. The minimum atomic E-state index is -0.0456. The van der Waals surface area contributed by atoms with E-state index in [1.165, 1.54) is 0 Å². The van der Waals surface area contributed by atoms with Gasteiger partial charge in [0, 0.05) is 40.3 Å². The van der Waals surface area contributed by atoms with Crippen LogP contribution in [0.15, 0.2) is 0 Å². The number of morpholine rings is 1. The molecule has 6 nitrogen and oxygen atoms in total. The first kappa shape index (κ1) is 14.1. The molecular formula is C13H23N3O3. The highest BCUT2D eigenvalue weighted by Gasteiger charge is 2.32. The fourth-order valence-electron chi connectivity index (χ4n) is 2.68. The Hall–Kier alpha value is -1.30. The molecule has 1 unspecified atom stereocenters. The molecule has 0 aliphatic carbocycles. The van der Waals surface area contributed by atoms with Crippen molar-refractivity contribution in [1.29, 1.82) is 0 Å². The Bertz CT molecular complexity index is 340. The molecule has 2 aliphatic rings. The SMILES string of the molecule is CN(C)C(=O)N1CCCC(C(=O)N2CCOCC2)C1. The summed E-state index contributed by atoms with van der Waals surface area (Å²) in [6.07, 6.45) is 1.79. The number of likely N-dealkylation sites (tertiary alicyclic amines) is 1. The van der Waals surface area contributed by atoms with Gasteiger partial charge in [-0.1, -0.05) is 0 Å². The van der Waals surface area contributed by atoms with Gasteiger partial charge in [-0.15, -0.1) is 0 Å². The van der Waals surface area contributed by atoms with Gasteiger partial charge in [0.25, 0.3) is 0 Å². The van der Waals surface area contributed by atoms with Crippen LogP contribution in [0, 0.1) is 5.92 Å². The van der Waals surface area contributed by atoms with E-state index >= 15 is 0 Å². The van der Waals surface area contributed by atoms with Crippen LogP contribution in [0.1, 0.15) is 12.8 Å². The maximum absolute atomic E-state index is 12.4. The van der Waals surface area contributed by atoms with Crippen LogP contribution in [0.5, 0.6) is 0 Å². The van der Waals surface area contributed by atoms with Crippen LogP contribution >= 0.6 is 0 Å². The summed E-state index contributed by atoms with van der Waals surface area (Å²) in [5, 5.41) is 0. The Morgan fingerprint density at radius 2 is 1.79 bits per heavy atom. The molecule has 2 fully saturated rings. The van der Waals surface area contributed by atoms with Gasteiger partial charge in [0.2, 0.25) is 5.91 Å². The number of hydrogen-bond donors (Lipinski definition) is 0. The molecule has 0 radical (unpaired) electrons. The van der Waals surface area contributed by atoms with Crippen LogP contribution in [0.25, 0.3) is 0 Å². The van der Waals surface area contributed by atoms with Gasteiger partial charge in [0.1, 0.15) is 0 Å². The van der Waals surface area contributed by atoms with Crippen LogP contribution in [-0.4, -0.2) is 80.1 Å². The molecule has 0 aromatic rings. The summed E-state index contributed by atoms with van der Waals surface area (Å²) in [4.78, 5) is 29.6. The Labute approximate surface area is 114 Å². The zero-order chi connectivity index (χ0) is 13.8. The zero-order valence-electron chi connectivity index (χ0n) is 11.8. The molecule has 1 atom stereocenters. The van der Waals surface area contributed by atoms with E-state index in [2.05, 4.69) is 0 Å². The van der Waals surface area contributed by atoms with Gasteiger partial charge >= 0.3 is 6.03 Å². The first-order chi connectivity index (χ1) is 9.09. The molecule has 2 rings (SSSR count). The summed E-state index contributed by atoms with van der Waals surface area (Å²) in [6.45, 7) is 3.91. The van der Waals surface area contributed by atoms with Gasteiger partial charge in [-0.25, -0.2) is 4.79 Å². The van der Waals surface area contributed by atoms with E-state index in [0.29, 0.717) is 32.8 Å². The predicted octanol–water partition coefficient (Wildman–Crippen LogP) is 0.239. The number of piperidine rings is 1. The molecule has 0 bridgehead atoms. The Balaban J connectivity index is 1.92. The van der Waals surface area contributed by atoms with Gasteiger partial charge in [-0.2, -0.15) is 0 Å². The molecule has 2 heterocycles. The number of rotatable bonds is 1. The largest absolute Gasteiger partial charge is 0.378 e. The fourth-order valence-corrected chi connectivity index (χ4v) is 2.68. The van der Waals surface area contributed by atoms with E-state index in [9.17, 15) is 9.59 Å². The number of ether oxygens (including phenoxy) is 1. The molecule has 0 aromatic heterocycles. The smallest absolute Gasteiger partial charge is 0.319 e. The molecule has 19 heavy (non-hydrogen) atoms. The highest BCUT2D eigenvalue weighted by molar-refractivity contribution is 5.81. The van der Waals surface area contributed by atoms with Crippen molar-refractivity contribution in [2.45, 2.75) is 12.8 Å². The van der Waals surface area contributed by atoms with Crippen molar-refractivity contribution in [3.63, 3.8) is 0 Å². The van der Waals surface area contributed by atoms with Crippen LogP contribution in [0.2, 0.25) is 0 Å². The number of amides is 3. The highest BCUT2D eigenvalue weighted by atomic mass is 16.5. The topological polar surface area (TPSA) is 53.1 Å². The van der Waals surface area contributed by atoms with E-state index < -0.39 is 0 Å². The van der Waals surface area contributed by atoms with E-state index in [1.807, 2.05) is 4.90 Å². The summed E-state index contributed by atoms with van der Waals surface area (Å²) in [5.41, 5.74) is 0. The van der Waals surface area contributed by atoms with Crippen molar-refractivity contribution in [3.05, 3.63) is 0 Å². The second-order valence-electron chi connectivity index (χ2n) is 5.40. The molecule has 2 saturated heterocycles. The van der Waals surface area contributed by atoms with E-state index in [0.717, 1.165) is 19.4 Å². The quantitative estimate of drug-likeness (QED) is 0.685. The lowest BCUT2D eigenvalue weighted by molar-refractivity contribution is -0.141. The van der Waals surface area contributed by atoms with Crippen molar-refractivity contribution in [3.8, 4) is 0 Å². The van der Waals surface area contributed by atoms with E-state index in [-0.39, 0.29) is 17.9 Å². The Kier molecular flexibility index (Phi) is 4.63. The highest BCUT2D eigenvalue weighted by Crippen LogP contribution is 2.20. The monoisotopic (exact) mass is 269 g/mol. The number of hydrogen-bond acceptors (Lipinski definition) is 3. The van der Waals surface area contributed by atoms with Crippen molar-refractivity contribution in [1.82, 2.24) is 14.7 Å². The van der Waals surface area contributed by atoms with Crippen LogP contribution in [0.4, 0.5) is 4.79 Å². The summed E-state index contributed by atoms with van der Waals surface area (Å²) in [6, 6.07) is -0.000484. The van der Waals surface area contributed by atoms with Crippen molar-refractivity contribution in [2.75, 3.05) is 53.5 Å². The molecule has 108 valence electrons. The van der Waals surface area contributed by atoms with Crippen LogP contribution < -0.4 is 0 Å². The average Bonchev–Trinajstić information content (AvgIpc) is 2.46. The van der Waals surface area contributed by atoms with E-state index in [1.54, 1.807) is 23.9 Å². The predicted molar refractivity (Wildman–Crippen MR) is 70.8 cm³/mol. The van der Waals surface area contributed by atoms with Crippen molar-refractivity contribution < 1.29 is 14.3 Å². The van der Waals surface area contributed by atoms with E-state index in [4.69, 9.17) is 4.74 Å². The standard InChI is InChI=1S/C13H23N3O3/c1-14(2)13(18)16-5-3-4-11(10-16)12(17)15-6-8-19-9-7-15/h11H,3-10H2,1-2H3.